The maximum absolute atomic E-state index is 12.4. The molecule has 1 rings (SSSR count). The molecule has 158 valence electrons. The highest BCUT2D eigenvalue weighted by Crippen LogP contribution is 2.34. The number of anilines is 2. The highest BCUT2D eigenvalue weighted by Gasteiger charge is 2.21. The van der Waals surface area contributed by atoms with Crippen molar-refractivity contribution in [3.05, 3.63) is 29.3 Å². The van der Waals surface area contributed by atoms with E-state index in [4.69, 9.17) is 5.84 Å². The summed E-state index contributed by atoms with van der Waals surface area (Å²) in [6.07, 6.45) is 7.87. The van der Waals surface area contributed by atoms with Crippen LogP contribution in [-0.2, 0) is 11.2 Å². The molecule has 0 saturated carbocycles. The monoisotopic (exact) mass is 389 g/mol. The van der Waals surface area contributed by atoms with Crippen LogP contribution in [0.5, 0.6) is 0 Å². The van der Waals surface area contributed by atoms with Crippen LogP contribution in [0.15, 0.2) is 18.2 Å². The summed E-state index contributed by atoms with van der Waals surface area (Å²) >= 11 is 0. The number of hydrogen-bond acceptors (Lipinski definition) is 4. The Bertz CT molecular complexity index is 673. The molecule has 0 aliphatic rings. The van der Waals surface area contributed by atoms with Crippen LogP contribution >= 0.6 is 0 Å². The summed E-state index contributed by atoms with van der Waals surface area (Å²) in [6.45, 7) is 13.0. The lowest BCUT2D eigenvalue weighted by Gasteiger charge is -2.26. The molecule has 5 heteroatoms. The zero-order valence-corrected chi connectivity index (χ0v) is 18.5. The maximum Gasteiger partial charge on any atom is 0.224 e. The van der Waals surface area contributed by atoms with Gasteiger partial charge in [0.2, 0.25) is 5.91 Å². The lowest BCUT2D eigenvalue weighted by molar-refractivity contribution is -0.116. The molecule has 0 fully saturated rings. The van der Waals surface area contributed by atoms with Crippen molar-refractivity contribution in [2.45, 2.75) is 73.6 Å². The number of carbonyl (C=O) groups excluding carboxylic acids is 1. The summed E-state index contributed by atoms with van der Waals surface area (Å²) in [5, 5.41) is 12.2. The predicted octanol–water partition coefficient (Wildman–Crippen LogP) is 5.11. The Hall–Kier alpha value is -1.85. The number of aliphatic hydroxyl groups is 1. The van der Waals surface area contributed by atoms with Crippen molar-refractivity contribution in [2.75, 3.05) is 17.3 Å². The van der Waals surface area contributed by atoms with E-state index in [0.717, 1.165) is 48.2 Å². The molecule has 1 aromatic carbocycles. The van der Waals surface area contributed by atoms with E-state index in [2.05, 4.69) is 45.4 Å². The van der Waals surface area contributed by atoms with Crippen LogP contribution in [0.4, 0.5) is 11.4 Å². The zero-order valence-electron chi connectivity index (χ0n) is 18.5. The van der Waals surface area contributed by atoms with E-state index < -0.39 is 0 Å². The predicted molar refractivity (Wildman–Crippen MR) is 120 cm³/mol. The number of amides is 1. The van der Waals surface area contributed by atoms with E-state index in [-0.39, 0.29) is 23.3 Å². The molecule has 1 amide bonds. The van der Waals surface area contributed by atoms with Gasteiger partial charge in [0.25, 0.3) is 0 Å². The second-order valence-electron chi connectivity index (χ2n) is 9.52. The molecular weight excluding hydrogens is 350 g/mol. The number of carbonyl (C=O) groups is 1. The summed E-state index contributed by atoms with van der Waals surface area (Å²) < 4.78 is 0. The van der Waals surface area contributed by atoms with Crippen LogP contribution in [0.1, 0.15) is 78.4 Å². The van der Waals surface area contributed by atoms with E-state index in [0.29, 0.717) is 6.42 Å². The van der Waals surface area contributed by atoms with Gasteiger partial charge < -0.3 is 15.8 Å². The third-order valence-corrected chi connectivity index (χ3v) is 4.82. The average Bonchev–Trinajstić information content (AvgIpc) is 2.59. The summed E-state index contributed by atoms with van der Waals surface area (Å²) in [7, 11) is 0. The van der Waals surface area contributed by atoms with Crippen molar-refractivity contribution in [3.8, 4) is 0 Å². The van der Waals surface area contributed by atoms with Gasteiger partial charge in [0.1, 0.15) is 0 Å². The van der Waals surface area contributed by atoms with Gasteiger partial charge in [-0.2, -0.15) is 0 Å². The molecule has 0 spiro atoms. The number of rotatable bonds is 10. The fourth-order valence-corrected chi connectivity index (χ4v) is 3.29. The SMILES string of the molecule is C/C=C\c1c(CC(C)(C)CCCO)cc(NC(=O)CCC(C)(C)C)cc1NN. The highest BCUT2D eigenvalue weighted by molar-refractivity contribution is 5.92. The normalized spacial score (nSPS) is 12.4. The van der Waals surface area contributed by atoms with Gasteiger partial charge in [-0.3, -0.25) is 10.6 Å². The van der Waals surface area contributed by atoms with Gasteiger partial charge in [-0.15, -0.1) is 0 Å². The molecule has 0 aliphatic heterocycles. The standard InChI is InChI=1S/C23H39N3O2/c1-7-9-19-17(16-23(5,6)11-8-13-27)14-18(15-20(19)26-24)25-21(28)10-12-22(2,3)4/h7,9,14-15,26-27H,8,10-13,16,24H2,1-6H3,(H,25,28)/b9-7-. The van der Waals surface area contributed by atoms with Crippen LogP contribution in [0.2, 0.25) is 0 Å². The maximum atomic E-state index is 12.4. The molecule has 1 aromatic rings. The van der Waals surface area contributed by atoms with Crippen LogP contribution in [0.3, 0.4) is 0 Å². The number of nitrogens with one attached hydrogen (secondary N) is 2. The average molecular weight is 390 g/mol. The van der Waals surface area contributed by atoms with E-state index in [1.807, 2.05) is 31.2 Å². The number of hydrogen-bond donors (Lipinski definition) is 4. The molecule has 5 N–H and O–H groups in total. The van der Waals surface area contributed by atoms with Gasteiger partial charge in [-0.25, -0.2) is 0 Å². The second-order valence-corrected chi connectivity index (χ2v) is 9.52. The Kier molecular flexibility index (Phi) is 9.18. The first kappa shape index (κ1) is 24.2. The van der Waals surface area contributed by atoms with Gasteiger partial charge in [-0.05, 0) is 61.1 Å². The third kappa shape index (κ3) is 8.44. The number of allylic oxidation sites excluding steroid dienone is 1. The topological polar surface area (TPSA) is 87.4 Å². The Morgan fingerprint density at radius 1 is 1.18 bits per heavy atom. The van der Waals surface area contributed by atoms with Crippen molar-refractivity contribution in [2.24, 2.45) is 16.7 Å². The number of nitrogen functional groups attached to an aromatic ring is 1. The molecule has 0 aromatic heterocycles. The number of aliphatic hydroxyl groups excluding tert-OH is 1. The quantitative estimate of drug-likeness (QED) is 0.331. The van der Waals surface area contributed by atoms with E-state index >= 15 is 0 Å². The molecule has 0 unspecified atom stereocenters. The molecule has 0 bridgehead atoms. The summed E-state index contributed by atoms with van der Waals surface area (Å²) in [6, 6.07) is 3.93. The molecular formula is C23H39N3O2. The summed E-state index contributed by atoms with van der Waals surface area (Å²) in [5.74, 6) is 5.80. The van der Waals surface area contributed by atoms with E-state index in [9.17, 15) is 9.90 Å². The van der Waals surface area contributed by atoms with Crippen molar-refractivity contribution in [1.29, 1.82) is 0 Å². The molecule has 5 nitrogen and oxygen atoms in total. The molecule has 0 heterocycles. The minimum absolute atomic E-state index is 0.0159. The molecule has 0 atom stereocenters. The number of benzene rings is 1. The summed E-state index contributed by atoms with van der Waals surface area (Å²) in [5.41, 5.74) is 6.64. The Morgan fingerprint density at radius 2 is 1.86 bits per heavy atom. The fraction of sp³-hybridized carbons (Fsp3) is 0.609. The number of hydrazine groups is 1. The zero-order chi connectivity index (χ0) is 21.4. The lowest BCUT2D eigenvalue weighted by atomic mass is 9.80. The number of nitrogens with two attached hydrogens (primary N) is 1. The summed E-state index contributed by atoms with van der Waals surface area (Å²) in [4.78, 5) is 12.4. The molecule has 0 saturated heterocycles. The minimum atomic E-state index is 0.0159. The van der Waals surface area contributed by atoms with Crippen LogP contribution in [-0.4, -0.2) is 17.6 Å². The molecule has 0 aliphatic carbocycles. The fourth-order valence-electron chi connectivity index (χ4n) is 3.29. The van der Waals surface area contributed by atoms with Gasteiger partial charge >= 0.3 is 0 Å². The van der Waals surface area contributed by atoms with Crippen molar-refractivity contribution in [1.82, 2.24) is 0 Å². The Labute approximate surface area is 170 Å². The smallest absolute Gasteiger partial charge is 0.224 e. The third-order valence-electron chi connectivity index (χ3n) is 4.82. The first-order valence-electron chi connectivity index (χ1n) is 10.2. The van der Waals surface area contributed by atoms with Crippen molar-refractivity contribution < 1.29 is 9.90 Å². The van der Waals surface area contributed by atoms with E-state index in [1.165, 1.54) is 0 Å². The van der Waals surface area contributed by atoms with E-state index in [1.54, 1.807) is 0 Å². The van der Waals surface area contributed by atoms with Gasteiger partial charge in [0.15, 0.2) is 0 Å². The highest BCUT2D eigenvalue weighted by atomic mass is 16.2. The van der Waals surface area contributed by atoms with Crippen molar-refractivity contribution >= 4 is 23.4 Å². The van der Waals surface area contributed by atoms with Crippen LogP contribution in [0.25, 0.3) is 6.08 Å². The molecule has 0 radical (unpaired) electrons. The van der Waals surface area contributed by atoms with Gasteiger partial charge in [-0.1, -0.05) is 46.8 Å². The van der Waals surface area contributed by atoms with Crippen molar-refractivity contribution in [3.63, 3.8) is 0 Å². The first-order valence-corrected chi connectivity index (χ1v) is 10.2. The first-order chi connectivity index (χ1) is 13.0. The van der Waals surface area contributed by atoms with Crippen LogP contribution < -0.4 is 16.6 Å². The van der Waals surface area contributed by atoms with Gasteiger partial charge in [0, 0.05) is 24.3 Å². The Morgan fingerprint density at radius 3 is 2.39 bits per heavy atom. The van der Waals surface area contributed by atoms with Gasteiger partial charge in [0.05, 0.1) is 5.69 Å². The lowest BCUT2D eigenvalue weighted by Crippen LogP contribution is -2.19. The van der Waals surface area contributed by atoms with Crippen LogP contribution in [0, 0.1) is 10.8 Å². The second kappa shape index (κ2) is 10.6. The largest absolute Gasteiger partial charge is 0.396 e. The molecule has 28 heavy (non-hydrogen) atoms. The minimum Gasteiger partial charge on any atom is -0.396 e. The Balaban J connectivity index is 3.14.